The lowest BCUT2D eigenvalue weighted by Crippen LogP contribution is -2.40. The fourth-order valence-corrected chi connectivity index (χ4v) is 3.15. The third-order valence-corrected chi connectivity index (χ3v) is 3.99. The Morgan fingerprint density at radius 3 is 2.76 bits per heavy atom. The van der Waals surface area contributed by atoms with Crippen molar-refractivity contribution >= 4 is 27.5 Å². The number of alkyl carbamates (subject to hydrolysis) is 1. The van der Waals surface area contributed by atoms with Gasteiger partial charge in [-0.05, 0) is 44.7 Å². The molecule has 0 saturated carbocycles. The second-order valence-corrected chi connectivity index (χ2v) is 7.27. The molecule has 21 heavy (non-hydrogen) atoms. The number of carbonyl (C=O) groups excluding carboxylic acids is 1. The molecule has 0 aliphatic carbocycles. The maximum atomic E-state index is 11.6. The van der Waals surface area contributed by atoms with Crippen LogP contribution in [0.25, 0.3) is 10.1 Å². The largest absolute Gasteiger partial charge is 0.444 e. The summed E-state index contributed by atoms with van der Waals surface area (Å²) in [5, 5.41) is 3.95. The second-order valence-electron chi connectivity index (χ2n) is 6.10. The van der Waals surface area contributed by atoms with Gasteiger partial charge in [0.25, 0.3) is 0 Å². The predicted octanol–water partition coefficient (Wildman–Crippen LogP) is 3.30. The van der Waals surface area contributed by atoms with E-state index in [9.17, 15) is 4.79 Å². The Kier molecular flexibility index (Phi) is 4.85. The number of fused-ring (bicyclic) bond motifs is 1. The fourth-order valence-electron chi connectivity index (χ4n) is 2.00. The van der Waals surface area contributed by atoms with Crippen LogP contribution in [-0.4, -0.2) is 24.3 Å². The molecule has 5 heteroatoms. The molecular weight excluding hydrogens is 284 g/mol. The van der Waals surface area contributed by atoms with Gasteiger partial charge in [0.05, 0.1) is 0 Å². The first kappa shape index (κ1) is 15.8. The van der Waals surface area contributed by atoms with Crippen molar-refractivity contribution in [1.82, 2.24) is 5.32 Å². The van der Waals surface area contributed by atoms with Crippen molar-refractivity contribution in [3.63, 3.8) is 0 Å². The van der Waals surface area contributed by atoms with Crippen LogP contribution in [0.2, 0.25) is 0 Å². The molecule has 1 unspecified atom stereocenters. The van der Waals surface area contributed by atoms with Gasteiger partial charge in [0.1, 0.15) is 5.60 Å². The zero-order valence-corrected chi connectivity index (χ0v) is 13.5. The highest BCUT2D eigenvalue weighted by Gasteiger charge is 2.16. The fraction of sp³-hybridized carbons (Fsp3) is 0.438. The van der Waals surface area contributed by atoms with Crippen molar-refractivity contribution in [1.29, 1.82) is 0 Å². The normalized spacial score (nSPS) is 13.1. The smallest absolute Gasteiger partial charge is 0.407 e. The summed E-state index contributed by atoms with van der Waals surface area (Å²) in [4.78, 5) is 12.8. The Morgan fingerprint density at radius 2 is 2.10 bits per heavy atom. The molecule has 1 heterocycles. The number of hydrogen-bond acceptors (Lipinski definition) is 4. The monoisotopic (exact) mass is 306 g/mol. The molecule has 0 bridgehead atoms. The quantitative estimate of drug-likeness (QED) is 0.911. The molecule has 3 N–H and O–H groups in total. The molecule has 0 radical (unpaired) electrons. The zero-order valence-electron chi connectivity index (χ0n) is 12.7. The van der Waals surface area contributed by atoms with Gasteiger partial charge < -0.3 is 15.8 Å². The van der Waals surface area contributed by atoms with Gasteiger partial charge in [-0.2, -0.15) is 0 Å². The number of nitrogens with two attached hydrogens (primary N) is 1. The van der Waals surface area contributed by atoms with Crippen molar-refractivity contribution in [2.24, 2.45) is 5.73 Å². The van der Waals surface area contributed by atoms with Crippen molar-refractivity contribution in [2.45, 2.75) is 38.8 Å². The minimum absolute atomic E-state index is 0.120. The van der Waals surface area contributed by atoms with Crippen LogP contribution in [-0.2, 0) is 11.2 Å². The van der Waals surface area contributed by atoms with E-state index in [0.717, 1.165) is 6.42 Å². The Hall–Kier alpha value is -1.59. The van der Waals surface area contributed by atoms with Crippen LogP contribution in [0.1, 0.15) is 25.6 Å². The summed E-state index contributed by atoms with van der Waals surface area (Å²) in [6.45, 7) is 5.92. The summed E-state index contributed by atoms with van der Waals surface area (Å²) in [5.74, 6) is 0. The van der Waals surface area contributed by atoms with Gasteiger partial charge in [-0.15, -0.1) is 11.3 Å². The third kappa shape index (κ3) is 5.02. The van der Waals surface area contributed by atoms with Gasteiger partial charge in [0.2, 0.25) is 0 Å². The standard InChI is InChI=1S/C16H22N2O2S/c1-16(2,3)20-15(19)18-10-12(17)9-13-8-11-6-4-5-7-14(11)21-13/h4-8,12H,9-10,17H2,1-3H3,(H,18,19). The molecule has 0 aliphatic rings. The molecule has 0 aliphatic heterocycles. The summed E-state index contributed by atoms with van der Waals surface area (Å²) in [5.41, 5.74) is 5.59. The lowest BCUT2D eigenvalue weighted by Gasteiger charge is -2.20. The van der Waals surface area contributed by atoms with Crippen LogP contribution in [0.3, 0.4) is 0 Å². The Morgan fingerprint density at radius 1 is 1.38 bits per heavy atom. The van der Waals surface area contributed by atoms with E-state index >= 15 is 0 Å². The van der Waals surface area contributed by atoms with E-state index in [1.165, 1.54) is 15.0 Å². The topological polar surface area (TPSA) is 64.3 Å². The van der Waals surface area contributed by atoms with E-state index in [4.69, 9.17) is 10.5 Å². The van der Waals surface area contributed by atoms with Gasteiger partial charge in [0.15, 0.2) is 0 Å². The number of carbonyl (C=O) groups is 1. The highest BCUT2D eigenvalue weighted by molar-refractivity contribution is 7.19. The first-order valence-corrected chi connectivity index (χ1v) is 7.85. The van der Waals surface area contributed by atoms with Gasteiger partial charge in [-0.1, -0.05) is 18.2 Å². The Bertz CT molecular complexity index is 583. The van der Waals surface area contributed by atoms with E-state index < -0.39 is 11.7 Å². The summed E-state index contributed by atoms with van der Waals surface area (Å²) in [6.07, 6.45) is 0.323. The highest BCUT2D eigenvalue weighted by atomic mass is 32.1. The molecule has 1 aromatic heterocycles. The molecule has 114 valence electrons. The van der Waals surface area contributed by atoms with Gasteiger partial charge in [-0.3, -0.25) is 0 Å². The summed E-state index contributed by atoms with van der Waals surface area (Å²) >= 11 is 1.75. The molecule has 2 aromatic rings. The molecule has 0 saturated heterocycles. The zero-order chi connectivity index (χ0) is 15.5. The Balaban J connectivity index is 1.84. The van der Waals surface area contributed by atoms with Crippen LogP contribution in [0, 0.1) is 0 Å². The number of nitrogens with one attached hydrogen (secondary N) is 1. The SMILES string of the molecule is CC(C)(C)OC(=O)NCC(N)Cc1cc2ccccc2s1. The number of thiophene rings is 1. The van der Waals surface area contributed by atoms with Crippen molar-refractivity contribution in [3.05, 3.63) is 35.2 Å². The average molecular weight is 306 g/mol. The minimum atomic E-state index is -0.486. The number of rotatable bonds is 4. The number of benzene rings is 1. The first-order valence-electron chi connectivity index (χ1n) is 7.03. The molecule has 1 atom stereocenters. The lowest BCUT2D eigenvalue weighted by atomic mass is 10.1. The van der Waals surface area contributed by atoms with Crippen molar-refractivity contribution in [2.75, 3.05) is 6.54 Å². The number of ether oxygens (including phenoxy) is 1. The predicted molar refractivity (Wildman–Crippen MR) is 87.7 cm³/mol. The van der Waals surface area contributed by atoms with E-state index in [2.05, 4.69) is 23.5 Å². The first-order chi connectivity index (χ1) is 9.83. The van der Waals surface area contributed by atoms with Gasteiger partial charge in [-0.25, -0.2) is 4.79 Å². The van der Waals surface area contributed by atoms with Gasteiger partial charge in [0, 0.05) is 22.2 Å². The van der Waals surface area contributed by atoms with E-state index in [1.807, 2.05) is 32.9 Å². The summed E-state index contributed by atoms with van der Waals surface area (Å²) < 4.78 is 6.45. The maximum Gasteiger partial charge on any atom is 0.407 e. The van der Waals surface area contributed by atoms with Crippen LogP contribution >= 0.6 is 11.3 Å². The molecule has 1 amide bonds. The van der Waals surface area contributed by atoms with Crippen molar-refractivity contribution in [3.8, 4) is 0 Å². The molecule has 2 rings (SSSR count). The number of amides is 1. The average Bonchev–Trinajstić information content (AvgIpc) is 2.76. The van der Waals surface area contributed by atoms with Crippen LogP contribution in [0.5, 0.6) is 0 Å². The second kappa shape index (κ2) is 6.45. The highest BCUT2D eigenvalue weighted by Crippen LogP contribution is 2.25. The van der Waals surface area contributed by atoms with Crippen LogP contribution in [0.4, 0.5) is 4.79 Å². The molecule has 0 spiro atoms. The van der Waals surface area contributed by atoms with E-state index in [1.54, 1.807) is 11.3 Å². The maximum absolute atomic E-state index is 11.6. The summed E-state index contributed by atoms with van der Waals surface area (Å²) in [6, 6.07) is 10.3. The Labute approximate surface area is 129 Å². The van der Waals surface area contributed by atoms with Gasteiger partial charge >= 0.3 is 6.09 Å². The lowest BCUT2D eigenvalue weighted by molar-refractivity contribution is 0.0524. The molecular formula is C16H22N2O2S. The molecule has 0 fully saturated rings. The third-order valence-electron chi connectivity index (χ3n) is 2.85. The molecule has 4 nitrogen and oxygen atoms in total. The molecule has 1 aromatic carbocycles. The minimum Gasteiger partial charge on any atom is -0.444 e. The summed E-state index contributed by atoms with van der Waals surface area (Å²) in [7, 11) is 0. The van der Waals surface area contributed by atoms with Crippen LogP contribution in [0.15, 0.2) is 30.3 Å². The number of hydrogen-bond donors (Lipinski definition) is 2. The van der Waals surface area contributed by atoms with Crippen molar-refractivity contribution < 1.29 is 9.53 Å². The van der Waals surface area contributed by atoms with E-state index in [-0.39, 0.29) is 6.04 Å². The van der Waals surface area contributed by atoms with Crippen LogP contribution < -0.4 is 11.1 Å². The van der Waals surface area contributed by atoms with E-state index in [0.29, 0.717) is 6.54 Å².